The van der Waals surface area contributed by atoms with Gasteiger partial charge < -0.3 is 24.2 Å². The van der Waals surface area contributed by atoms with Crippen LogP contribution < -0.4 is 4.74 Å². The van der Waals surface area contributed by atoms with Crippen molar-refractivity contribution < 1.29 is 24.1 Å². The molecular formula is C24H34ClNO5. The van der Waals surface area contributed by atoms with E-state index in [1.54, 1.807) is 12.1 Å². The molecule has 3 fully saturated rings. The number of benzene rings is 1. The molecule has 172 valence electrons. The number of hydrogen-bond donors (Lipinski definition) is 1. The van der Waals surface area contributed by atoms with Gasteiger partial charge >= 0.3 is 0 Å². The van der Waals surface area contributed by atoms with Gasteiger partial charge in [-0.05, 0) is 70.4 Å². The van der Waals surface area contributed by atoms with Gasteiger partial charge in [-0.3, -0.25) is 4.79 Å². The summed E-state index contributed by atoms with van der Waals surface area (Å²) in [4.78, 5) is 14.5. The van der Waals surface area contributed by atoms with Gasteiger partial charge in [0.05, 0.1) is 35.0 Å². The molecule has 1 aromatic carbocycles. The lowest BCUT2D eigenvalue weighted by Crippen LogP contribution is -2.46. The zero-order chi connectivity index (χ0) is 22.3. The summed E-state index contributed by atoms with van der Waals surface area (Å²) in [6, 6.07) is 7.19. The van der Waals surface area contributed by atoms with E-state index in [9.17, 15) is 9.90 Å². The molecule has 0 aromatic heterocycles. The van der Waals surface area contributed by atoms with Gasteiger partial charge in [0.2, 0.25) is 0 Å². The molecule has 1 spiro atoms. The Morgan fingerprint density at radius 3 is 2.65 bits per heavy atom. The van der Waals surface area contributed by atoms with Crippen LogP contribution in [0.25, 0.3) is 0 Å². The molecule has 0 aliphatic carbocycles. The first-order valence-electron chi connectivity index (χ1n) is 11.3. The molecule has 7 heteroatoms. The average Bonchev–Trinajstić information content (AvgIpc) is 3.33. The van der Waals surface area contributed by atoms with E-state index in [1.807, 2.05) is 30.9 Å². The number of aliphatic hydroxyl groups is 1. The van der Waals surface area contributed by atoms with Crippen molar-refractivity contribution in [1.29, 1.82) is 0 Å². The lowest BCUT2D eigenvalue weighted by atomic mass is 9.74. The van der Waals surface area contributed by atoms with Crippen molar-refractivity contribution in [2.24, 2.45) is 5.41 Å². The number of amides is 1. The summed E-state index contributed by atoms with van der Waals surface area (Å²) in [5, 5.41) is 10.8. The summed E-state index contributed by atoms with van der Waals surface area (Å²) in [5.74, 6) is 0.525. The third-order valence-electron chi connectivity index (χ3n) is 7.36. The normalized spacial score (nSPS) is 30.7. The Morgan fingerprint density at radius 2 is 2.00 bits per heavy atom. The largest absolute Gasteiger partial charge is 0.482 e. The maximum absolute atomic E-state index is 12.6. The fraction of sp³-hybridized carbons (Fsp3) is 0.708. The number of carbonyl (C=O) groups is 1. The molecular weight excluding hydrogens is 418 g/mol. The van der Waals surface area contributed by atoms with Crippen molar-refractivity contribution in [2.45, 2.75) is 76.3 Å². The van der Waals surface area contributed by atoms with E-state index in [0.717, 1.165) is 32.1 Å². The van der Waals surface area contributed by atoms with Crippen LogP contribution in [0, 0.1) is 5.41 Å². The van der Waals surface area contributed by atoms with Crippen LogP contribution in [0.2, 0.25) is 5.02 Å². The molecule has 3 heterocycles. The van der Waals surface area contributed by atoms with E-state index in [1.165, 1.54) is 0 Å². The van der Waals surface area contributed by atoms with Gasteiger partial charge in [-0.25, -0.2) is 0 Å². The number of rotatable bonds is 5. The van der Waals surface area contributed by atoms with Crippen molar-refractivity contribution in [3.8, 4) is 5.75 Å². The molecule has 3 aliphatic rings. The SMILES string of the molecule is CC(C)(O)[C@H]1CC[C@](C)([C@H]2CC3(CCN(C(=O)COc4ccccc4Cl)CC3)CO2)O1. The summed E-state index contributed by atoms with van der Waals surface area (Å²) < 4.78 is 18.2. The fourth-order valence-electron chi connectivity index (χ4n) is 5.15. The van der Waals surface area contributed by atoms with E-state index in [0.29, 0.717) is 30.5 Å². The topological polar surface area (TPSA) is 68.2 Å². The molecule has 1 amide bonds. The Morgan fingerprint density at radius 1 is 1.29 bits per heavy atom. The second kappa shape index (κ2) is 8.54. The third-order valence-corrected chi connectivity index (χ3v) is 7.67. The maximum Gasteiger partial charge on any atom is 0.260 e. The predicted molar refractivity (Wildman–Crippen MR) is 118 cm³/mol. The van der Waals surface area contributed by atoms with Crippen LogP contribution >= 0.6 is 11.6 Å². The third kappa shape index (κ3) is 4.87. The maximum atomic E-state index is 12.6. The van der Waals surface area contributed by atoms with E-state index in [-0.39, 0.29) is 35.7 Å². The van der Waals surface area contributed by atoms with Crippen molar-refractivity contribution in [3.63, 3.8) is 0 Å². The van der Waals surface area contributed by atoms with Crippen LogP contribution in [0.3, 0.4) is 0 Å². The second-order valence-electron chi connectivity index (χ2n) is 10.2. The highest BCUT2D eigenvalue weighted by molar-refractivity contribution is 6.32. The van der Waals surface area contributed by atoms with Crippen molar-refractivity contribution in [3.05, 3.63) is 29.3 Å². The lowest BCUT2D eigenvalue weighted by molar-refractivity contribution is -0.155. The number of halogens is 1. The molecule has 6 nitrogen and oxygen atoms in total. The average molecular weight is 452 g/mol. The zero-order valence-corrected chi connectivity index (χ0v) is 19.5. The molecule has 0 saturated carbocycles. The molecule has 0 unspecified atom stereocenters. The minimum absolute atomic E-state index is 0.000102. The number of piperidine rings is 1. The van der Waals surface area contributed by atoms with E-state index < -0.39 is 5.60 Å². The summed E-state index contributed by atoms with van der Waals surface area (Å²) in [7, 11) is 0. The molecule has 4 rings (SSSR count). The molecule has 1 aromatic rings. The van der Waals surface area contributed by atoms with Gasteiger partial charge in [0, 0.05) is 13.1 Å². The first-order chi connectivity index (χ1) is 14.6. The highest BCUT2D eigenvalue weighted by Gasteiger charge is 2.53. The van der Waals surface area contributed by atoms with E-state index >= 15 is 0 Å². The van der Waals surface area contributed by atoms with Gasteiger partial charge in [0.15, 0.2) is 6.61 Å². The first kappa shape index (κ1) is 22.8. The standard InChI is InChI=1S/C24H34ClNO5/c1-22(2,28)19-8-9-23(3,31-19)20-14-24(16-30-20)10-12-26(13-11-24)21(27)15-29-18-7-5-4-6-17(18)25/h4-7,19-20,28H,8-16H2,1-3H3/t19-,20-,23-/m1/s1. The summed E-state index contributed by atoms with van der Waals surface area (Å²) in [6.07, 6.45) is 4.41. The highest BCUT2D eigenvalue weighted by Crippen LogP contribution is 2.49. The Hall–Kier alpha value is -1.34. The summed E-state index contributed by atoms with van der Waals surface area (Å²) in [6.45, 7) is 7.87. The van der Waals surface area contributed by atoms with Crippen LogP contribution in [0.5, 0.6) is 5.75 Å². The second-order valence-corrected chi connectivity index (χ2v) is 10.6. The summed E-state index contributed by atoms with van der Waals surface area (Å²) >= 11 is 6.10. The van der Waals surface area contributed by atoms with Crippen LogP contribution in [0.4, 0.5) is 0 Å². The molecule has 0 bridgehead atoms. The van der Waals surface area contributed by atoms with Crippen LogP contribution in [0.1, 0.15) is 52.9 Å². The number of carbonyl (C=O) groups excluding carboxylic acids is 1. The predicted octanol–water partition coefficient (Wildman–Crippen LogP) is 3.83. The van der Waals surface area contributed by atoms with Crippen molar-refractivity contribution in [1.82, 2.24) is 4.90 Å². The van der Waals surface area contributed by atoms with Crippen LogP contribution in [-0.2, 0) is 14.3 Å². The zero-order valence-electron chi connectivity index (χ0n) is 18.7. The van der Waals surface area contributed by atoms with Crippen molar-refractivity contribution >= 4 is 17.5 Å². The Bertz CT molecular complexity index is 801. The Labute approximate surface area is 189 Å². The number of nitrogens with zero attached hydrogens (tertiary/aromatic N) is 1. The van der Waals surface area contributed by atoms with Crippen LogP contribution in [0.15, 0.2) is 24.3 Å². The molecule has 1 N–H and O–H groups in total. The molecule has 31 heavy (non-hydrogen) atoms. The van der Waals surface area contributed by atoms with E-state index in [4.69, 9.17) is 25.8 Å². The Balaban J connectivity index is 1.28. The number of hydrogen-bond acceptors (Lipinski definition) is 5. The first-order valence-corrected chi connectivity index (χ1v) is 11.7. The van der Waals surface area contributed by atoms with Gasteiger partial charge in [0.1, 0.15) is 5.75 Å². The Kier molecular flexibility index (Phi) is 6.29. The minimum atomic E-state index is -0.841. The highest BCUT2D eigenvalue weighted by atomic mass is 35.5. The lowest BCUT2D eigenvalue weighted by Gasteiger charge is -2.39. The number of para-hydroxylation sites is 1. The monoisotopic (exact) mass is 451 g/mol. The van der Waals surface area contributed by atoms with Gasteiger partial charge in [-0.1, -0.05) is 23.7 Å². The quantitative estimate of drug-likeness (QED) is 0.736. The van der Waals surface area contributed by atoms with E-state index in [2.05, 4.69) is 6.92 Å². The summed E-state index contributed by atoms with van der Waals surface area (Å²) in [5.41, 5.74) is -1.10. The fourth-order valence-corrected chi connectivity index (χ4v) is 5.34. The van der Waals surface area contributed by atoms with Gasteiger partial charge in [-0.15, -0.1) is 0 Å². The number of ether oxygens (including phenoxy) is 3. The molecule has 3 atom stereocenters. The minimum Gasteiger partial charge on any atom is -0.482 e. The van der Waals surface area contributed by atoms with Crippen molar-refractivity contribution in [2.75, 3.05) is 26.3 Å². The molecule has 3 saturated heterocycles. The molecule has 3 aliphatic heterocycles. The molecule has 0 radical (unpaired) electrons. The number of likely N-dealkylation sites (tertiary alicyclic amines) is 1. The van der Waals surface area contributed by atoms with Gasteiger partial charge in [-0.2, -0.15) is 0 Å². The van der Waals surface area contributed by atoms with Crippen LogP contribution in [-0.4, -0.2) is 65.6 Å². The smallest absolute Gasteiger partial charge is 0.260 e. The van der Waals surface area contributed by atoms with Gasteiger partial charge in [0.25, 0.3) is 5.91 Å².